The number of carboxylic acid groups (broad SMARTS) is 1. The Morgan fingerprint density at radius 1 is 1.03 bits per heavy atom. The van der Waals surface area contributed by atoms with E-state index in [2.05, 4.69) is 20.3 Å². The fourth-order valence-electron chi connectivity index (χ4n) is 3.63. The van der Waals surface area contributed by atoms with Gasteiger partial charge in [0.1, 0.15) is 0 Å². The van der Waals surface area contributed by atoms with Gasteiger partial charge in [0.2, 0.25) is 5.88 Å². The number of nitrogens with zero attached hydrogens (tertiary/aromatic N) is 3. The average molecular weight is 491 g/mol. The van der Waals surface area contributed by atoms with E-state index in [-0.39, 0.29) is 40.0 Å². The van der Waals surface area contributed by atoms with Gasteiger partial charge in [-0.1, -0.05) is 12.1 Å². The maximum Gasteiger partial charge on any atom is 0.335 e. The van der Waals surface area contributed by atoms with Crippen LogP contribution in [0.5, 0.6) is 11.9 Å². The van der Waals surface area contributed by atoms with Crippen molar-refractivity contribution in [2.24, 2.45) is 5.73 Å². The molecule has 0 unspecified atom stereocenters. The lowest BCUT2D eigenvalue weighted by molar-refractivity contribution is -0.0424. The SMILES string of the molecule is COc1ncc(-c2ccc3c(Nc4cc(C(=O)O)cc(C(O)O)c4)c(C(N)=O)cnc3c2)c(OC)n1. The van der Waals surface area contributed by atoms with Gasteiger partial charge in [-0.3, -0.25) is 9.78 Å². The minimum atomic E-state index is -1.90. The number of ether oxygens (including phenoxy) is 2. The molecule has 0 bridgehead atoms. The minimum absolute atomic E-state index is 0.0486. The van der Waals surface area contributed by atoms with Crippen molar-refractivity contribution in [2.75, 3.05) is 19.5 Å². The number of fused-ring (bicyclic) bond motifs is 1. The molecule has 6 N–H and O–H groups in total. The summed E-state index contributed by atoms with van der Waals surface area (Å²) >= 11 is 0. The number of methoxy groups -OCH3 is 2. The first kappa shape index (κ1) is 24.3. The molecule has 184 valence electrons. The number of aromatic nitrogens is 3. The van der Waals surface area contributed by atoms with Gasteiger partial charge in [-0.25, -0.2) is 9.78 Å². The lowest BCUT2D eigenvalue weighted by atomic mass is 10.0. The molecular weight excluding hydrogens is 470 g/mol. The van der Waals surface area contributed by atoms with Crippen LogP contribution in [0.1, 0.15) is 32.6 Å². The quantitative estimate of drug-likeness (QED) is 0.227. The molecule has 36 heavy (non-hydrogen) atoms. The number of aliphatic hydroxyl groups excluding tert-OH is 1. The number of aliphatic hydroxyl groups is 2. The molecule has 0 saturated heterocycles. The molecule has 0 saturated carbocycles. The predicted octanol–water partition coefficient (Wildman–Crippen LogP) is 2.23. The first-order valence-corrected chi connectivity index (χ1v) is 10.4. The maximum absolute atomic E-state index is 12.2. The summed E-state index contributed by atoms with van der Waals surface area (Å²) in [6.07, 6.45) is 0.933. The van der Waals surface area contributed by atoms with E-state index in [0.29, 0.717) is 22.0 Å². The first-order chi connectivity index (χ1) is 17.2. The number of carboxylic acids is 1. The predicted molar refractivity (Wildman–Crippen MR) is 128 cm³/mol. The highest BCUT2D eigenvalue weighted by Gasteiger charge is 2.18. The number of hydrogen-bond acceptors (Lipinski definition) is 10. The third-order valence-corrected chi connectivity index (χ3v) is 5.32. The van der Waals surface area contributed by atoms with E-state index in [1.165, 1.54) is 32.5 Å². The summed E-state index contributed by atoms with van der Waals surface area (Å²) in [6, 6.07) is 9.08. The van der Waals surface area contributed by atoms with Crippen molar-refractivity contribution in [1.29, 1.82) is 0 Å². The number of carbonyl (C=O) groups is 2. The summed E-state index contributed by atoms with van der Waals surface area (Å²) in [5.41, 5.74) is 7.55. The van der Waals surface area contributed by atoms with Crippen molar-refractivity contribution in [3.63, 3.8) is 0 Å². The number of pyridine rings is 1. The van der Waals surface area contributed by atoms with Crippen molar-refractivity contribution in [2.45, 2.75) is 6.29 Å². The van der Waals surface area contributed by atoms with E-state index in [1.807, 2.05) is 0 Å². The molecule has 2 heterocycles. The molecule has 4 aromatic rings. The average Bonchev–Trinajstić information content (AvgIpc) is 2.87. The van der Waals surface area contributed by atoms with Crippen molar-refractivity contribution in [1.82, 2.24) is 15.0 Å². The summed E-state index contributed by atoms with van der Waals surface area (Å²) in [7, 11) is 2.91. The van der Waals surface area contributed by atoms with Crippen LogP contribution in [-0.4, -0.2) is 56.4 Å². The van der Waals surface area contributed by atoms with Gasteiger partial charge in [-0.2, -0.15) is 4.98 Å². The first-order valence-electron chi connectivity index (χ1n) is 10.4. The van der Waals surface area contributed by atoms with E-state index in [9.17, 15) is 24.9 Å². The largest absolute Gasteiger partial charge is 0.480 e. The molecule has 4 rings (SSSR count). The number of hydrogen-bond donors (Lipinski definition) is 5. The second kappa shape index (κ2) is 9.82. The number of anilines is 2. The second-order valence-corrected chi connectivity index (χ2v) is 7.57. The molecule has 2 aromatic carbocycles. The van der Waals surface area contributed by atoms with E-state index < -0.39 is 18.2 Å². The van der Waals surface area contributed by atoms with Gasteiger partial charge in [0.25, 0.3) is 5.91 Å². The lowest BCUT2D eigenvalue weighted by Crippen LogP contribution is -2.14. The van der Waals surface area contributed by atoms with Gasteiger partial charge in [-0.05, 0) is 29.8 Å². The van der Waals surface area contributed by atoms with Crippen molar-refractivity contribution in [3.05, 3.63) is 65.5 Å². The van der Waals surface area contributed by atoms with E-state index >= 15 is 0 Å². The standard InChI is InChI=1S/C24H21N5O7/c1-35-21-16(9-27-24(29-21)36-2)11-3-4-15-18(8-11)26-10-17(20(25)30)19(15)28-14-6-12(22(31)32)5-13(7-14)23(33)34/h3-10,22,31-32H,1-2H3,(H2,25,30)(H,26,28)(H,33,34). The Labute approximate surface area is 204 Å². The summed E-state index contributed by atoms with van der Waals surface area (Å²) in [6.45, 7) is 0. The van der Waals surface area contributed by atoms with Crippen LogP contribution in [0.2, 0.25) is 0 Å². The van der Waals surface area contributed by atoms with Gasteiger partial charge in [0, 0.05) is 29.0 Å². The van der Waals surface area contributed by atoms with E-state index in [0.717, 1.165) is 6.07 Å². The number of rotatable bonds is 8. The molecule has 1 amide bonds. The fourth-order valence-corrected chi connectivity index (χ4v) is 3.63. The third kappa shape index (κ3) is 4.71. The molecule has 2 aromatic heterocycles. The summed E-state index contributed by atoms with van der Waals surface area (Å²) < 4.78 is 10.4. The highest BCUT2D eigenvalue weighted by Crippen LogP contribution is 2.35. The van der Waals surface area contributed by atoms with Gasteiger partial charge < -0.3 is 35.8 Å². The monoisotopic (exact) mass is 491 g/mol. The zero-order valence-electron chi connectivity index (χ0n) is 19.1. The number of amides is 1. The fraction of sp³-hybridized carbons (Fsp3) is 0.125. The molecule has 12 nitrogen and oxygen atoms in total. The van der Waals surface area contributed by atoms with Crippen LogP contribution in [0.4, 0.5) is 11.4 Å². The van der Waals surface area contributed by atoms with Crippen LogP contribution in [0, 0.1) is 0 Å². The molecule has 0 atom stereocenters. The Morgan fingerprint density at radius 3 is 2.44 bits per heavy atom. The van der Waals surface area contributed by atoms with Crippen LogP contribution in [0.3, 0.4) is 0 Å². The molecule has 0 fully saturated rings. The van der Waals surface area contributed by atoms with Crippen LogP contribution < -0.4 is 20.5 Å². The number of nitrogens with two attached hydrogens (primary N) is 1. The number of aromatic carboxylic acids is 1. The van der Waals surface area contributed by atoms with E-state index in [4.69, 9.17) is 15.2 Å². The van der Waals surface area contributed by atoms with Crippen molar-refractivity contribution < 1.29 is 34.4 Å². The van der Waals surface area contributed by atoms with Crippen molar-refractivity contribution in [3.8, 4) is 23.0 Å². The Kier molecular flexibility index (Phi) is 6.63. The van der Waals surface area contributed by atoms with Gasteiger partial charge in [-0.15, -0.1) is 0 Å². The van der Waals surface area contributed by atoms with Crippen molar-refractivity contribution >= 4 is 34.2 Å². The molecular formula is C24H21N5O7. The number of carbonyl (C=O) groups excluding carboxylic acids is 1. The van der Waals surface area contributed by atoms with Crippen LogP contribution in [0.25, 0.3) is 22.0 Å². The molecule has 12 heteroatoms. The van der Waals surface area contributed by atoms with Crippen LogP contribution in [-0.2, 0) is 0 Å². The number of primary amides is 1. The Morgan fingerprint density at radius 2 is 1.81 bits per heavy atom. The Bertz CT molecular complexity index is 1490. The summed E-state index contributed by atoms with van der Waals surface area (Å²) in [5, 5.41) is 32.0. The smallest absolute Gasteiger partial charge is 0.335 e. The normalized spacial score (nSPS) is 10.9. The number of nitrogens with one attached hydrogen (secondary N) is 1. The highest BCUT2D eigenvalue weighted by atomic mass is 16.5. The zero-order valence-corrected chi connectivity index (χ0v) is 19.1. The Hall–Kier alpha value is -4.81. The van der Waals surface area contributed by atoms with Gasteiger partial charge in [0.15, 0.2) is 6.29 Å². The zero-order chi connectivity index (χ0) is 26.0. The second-order valence-electron chi connectivity index (χ2n) is 7.57. The number of benzene rings is 2. The van der Waals surface area contributed by atoms with Gasteiger partial charge in [0.05, 0.1) is 42.1 Å². The topological polar surface area (TPSA) is 190 Å². The molecule has 0 spiro atoms. The molecule has 0 aliphatic rings. The third-order valence-electron chi connectivity index (χ3n) is 5.32. The van der Waals surface area contributed by atoms with Crippen LogP contribution in [0.15, 0.2) is 48.8 Å². The summed E-state index contributed by atoms with van der Waals surface area (Å²) in [4.78, 5) is 36.3. The van der Waals surface area contributed by atoms with E-state index in [1.54, 1.807) is 24.4 Å². The highest BCUT2D eigenvalue weighted by molar-refractivity contribution is 6.08. The van der Waals surface area contributed by atoms with Gasteiger partial charge >= 0.3 is 12.0 Å². The Balaban J connectivity index is 1.86. The maximum atomic E-state index is 12.2. The minimum Gasteiger partial charge on any atom is -0.480 e. The molecule has 0 radical (unpaired) electrons. The summed E-state index contributed by atoms with van der Waals surface area (Å²) in [5.74, 6) is -1.75. The lowest BCUT2D eigenvalue weighted by Gasteiger charge is -2.16. The van der Waals surface area contributed by atoms with Crippen LogP contribution >= 0.6 is 0 Å². The molecule has 0 aliphatic heterocycles. The molecule has 0 aliphatic carbocycles.